The Morgan fingerprint density at radius 2 is 2.36 bits per heavy atom. The molecule has 3 atom stereocenters. The molecule has 0 bridgehead atoms. The van der Waals surface area contributed by atoms with Crippen molar-refractivity contribution in [1.29, 1.82) is 0 Å². The number of halogens is 1. The van der Waals surface area contributed by atoms with Crippen molar-refractivity contribution in [2.75, 3.05) is 6.54 Å². The molecule has 78 valence electrons. The van der Waals surface area contributed by atoms with E-state index >= 15 is 0 Å². The maximum atomic E-state index is 3.53. The van der Waals surface area contributed by atoms with E-state index in [1.165, 1.54) is 10.2 Å². The molecule has 0 amide bonds. The number of rotatable bonds is 3. The summed E-state index contributed by atoms with van der Waals surface area (Å²) in [6.07, 6.45) is 1.31. The summed E-state index contributed by atoms with van der Waals surface area (Å²) in [5, 5.41) is 3.53. The topological polar surface area (TPSA) is 12.0 Å². The van der Waals surface area contributed by atoms with Crippen LogP contribution in [0, 0.1) is 5.92 Å². The van der Waals surface area contributed by atoms with Gasteiger partial charge in [0.05, 0.1) is 3.79 Å². The Kier molecular flexibility index (Phi) is 3.30. The molecular formula is C11H16BrNS. The second-order valence-electron chi connectivity index (χ2n) is 4.01. The van der Waals surface area contributed by atoms with Crippen molar-refractivity contribution in [3.8, 4) is 0 Å². The van der Waals surface area contributed by atoms with E-state index in [0.29, 0.717) is 0 Å². The summed E-state index contributed by atoms with van der Waals surface area (Å²) in [7, 11) is 0. The monoisotopic (exact) mass is 273 g/mol. The van der Waals surface area contributed by atoms with E-state index in [0.717, 1.165) is 24.4 Å². The predicted molar refractivity (Wildman–Crippen MR) is 66.0 cm³/mol. The van der Waals surface area contributed by atoms with E-state index in [9.17, 15) is 0 Å². The van der Waals surface area contributed by atoms with Crippen molar-refractivity contribution < 1.29 is 0 Å². The Bertz CT molecular complexity index is 310. The quantitative estimate of drug-likeness (QED) is 0.887. The standard InChI is InChI=1S/C11H16BrNS/c1-3-13-9-6-8(7(9)2)10-4-5-11(12)14-10/h4-5,7-9,13H,3,6H2,1-2H3. The second kappa shape index (κ2) is 4.33. The van der Waals surface area contributed by atoms with Gasteiger partial charge in [-0.2, -0.15) is 0 Å². The molecule has 0 radical (unpaired) electrons. The van der Waals surface area contributed by atoms with E-state index in [4.69, 9.17) is 0 Å². The summed E-state index contributed by atoms with van der Waals surface area (Å²) in [5.41, 5.74) is 0. The maximum Gasteiger partial charge on any atom is 0.0701 e. The molecule has 3 unspecified atom stereocenters. The predicted octanol–water partition coefficient (Wildman–Crippen LogP) is 3.61. The lowest BCUT2D eigenvalue weighted by Crippen LogP contribution is -2.47. The van der Waals surface area contributed by atoms with Crippen LogP contribution in [-0.2, 0) is 0 Å². The Labute approximate surface area is 98.0 Å². The van der Waals surface area contributed by atoms with Crippen LogP contribution in [0.3, 0.4) is 0 Å². The highest BCUT2D eigenvalue weighted by molar-refractivity contribution is 9.11. The Hall–Kier alpha value is 0.140. The van der Waals surface area contributed by atoms with Crippen LogP contribution in [-0.4, -0.2) is 12.6 Å². The third-order valence-electron chi connectivity index (χ3n) is 3.20. The SMILES string of the molecule is CCNC1CC(c2ccc(Br)s2)C1C. The molecule has 1 N–H and O–H groups in total. The van der Waals surface area contributed by atoms with E-state index in [-0.39, 0.29) is 0 Å². The summed E-state index contributed by atoms with van der Waals surface area (Å²) in [4.78, 5) is 1.54. The maximum absolute atomic E-state index is 3.53. The van der Waals surface area contributed by atoms with Crippen LogP contribution >= 0.6 is 27.3 Å². The van der Waals surface area contributed by atoms with Gasteiger partial charge in [0.15, 0.2) is 0 Å². The van der Waals surface area contributed by atoms with Crippen molar-refractivity contribution >= 4 is 27.3 Å². The highest BCUT2D eigenvalue weighted by Gasteiger charge is 2.38. The first kappa shape index (κ1) is 10.7. The van der Waals surface area contributed by atoms with Crippen LogP contribution in [0.2, 0.25) is 0 Å². The lowest BCUT2D eigenvalue weighted by Gasteiger charge is -2.42. The van der Waals surface area contributed by atoms with Crippen molar-refractivity contribution in [2.24, 2.45) is 5.92 Å². The van der Waals surface area contributed by atoms with Gasteiger partial charge in [0, 0.05) is 10.9 Å². The molecule has 0 aromatic carbocycles. The third kappa shape index (κ3) is 1.90. The molecule has 1 aromatic heterocycles. The number of hydrogen-bond acceptors (Lipinski definition) is 2. The zero-order valence-corrected chi connectivity index (χ0v) is 11.0. The van der Waals surface area contributed by atoms with Gasteiger partial charge in [-0.05, 0) is 52.9 Å². The van der Waals surface area contributed by atoms with Gasteiger partial charge in [-0.3, -0.25) is 0 Å². The fraction of sp³-hybridized carbons (Fsp3) is 0.636. The fourth-order valence-electron chi connectivity index (χ4n) is 2.22. The molecule has 1 saturated carbocycles. The first-order valence-electron chi connectivity index (χ1n) is 5.21. The average Bonchev–Trinajstić information content (AvgIpc) is 2.57. The molecule has 0 spiro atoms. The molecule has 2 rings (SSSR count). The Morgan fingerprint density at radius 1 is 1.57 bits per heavy atom. The van der Waals surface area contributed by atoms with E-state index < -0.39 is 0 Å². The van der Waals surface area contributed by atoms with Crippen LogP contribution in [0.4, 0.5) is 0 Å². The van der Waals surface area contributed by atoms with Gasteiger partial charge in [-0.1, -0.05) is 13.8 Å². The van der Waals surface area contributed by atoms with Gasteiger partial charge in [0.1, 0.15) is 0 Å². The molecular weight excluding hydrogens is 258 g/mol. The summed E-state index contributed by atoms with van der Waals surface area (Å²) in [6.45, 7) is 5.63. The van der Waals surface area contributed by atoms with Crippen LogP contribution in [0.25, 0.3) is 0 Å². The van der Waals surface area contributed by atoms with Crippen LogP contribution in [0.1, 0.15) is 31.1 Å². The smallest absolute Gasteiger partial charge is 0.0701 e. The van der Waals surface area contributed by atoms with Crippen molar-refractivity contribution in [3.63, 3.8) is 0 Å². The minimum absolute atomic E-state index is 0.742. The first-order valence-corrected chi connectivity index (χ1v) is 6.82. The van der Waals surface area contributed by atoms with E-state index in [1.54, 1.807) is 4.88 Å². The van der Waals surface area contributed by atoms with Crippen molar-refractivity contribution in [1.82, 2.24) is 5.32 Å². The lowest BCUT2D eigenvalue weighted by atomic mass is 9.69. The summed E-state index contributed by atoms with van der Waals surface area (Å²) in [6, 6.07) is 5.16. The van der Waals surface area contributed by atoms with Gasteiger partial charge in [0.25, 0.3) is 0 Å². The highest BCUT2D eigenvalue weighted by atomic mass is 79.9. The number of hydrogen-bond donors (Lipinski definition) is 1. The minimum atomic E-state index is 0.742. The Morgan fingerprint density at radius 3 is 2.86 bits per heavy atom. The minimum Gasteiger partial charge on any atom is -0.314 e. The second-order valence-corrected chi connectivity index (χ2v) is 6.50. The van der Waals surface area contributed by atoms with Crippen LogP contribution in [0.15, 0.2) is 15.9 Å². The molecule has 0 saturated heterocycles. The van der Waals surface area contributed by atoms with Gasteiger partial charge in [0.2, 0.25) is 0 Å². The largest absolute Gasteiger partial charge is 0.314 e. The van der Waals surface area contributed by atoms with Gasteiger partial charge in [-0.15, -0.1) is 11.3 Å². The van der Waals surface area contributed by atoms with Gasteiger partial charge < -0.3 is 5.32 Å². The molecule has 1 heterocycles. The summed E-state index contributed by atoms with van der Waals surface area (Å²) in [5.74, 6) is 1.58. The highest BCUT2D eigenvalue weighted by Crippen LogP contribution is 2.45. The molecule has 1 aromatic rings. The zero-order chi connectivity index (χ0) is 10.1. The van der Waals surface area contributed by atoms with Crippen LogP contribution < -0.4 is 5.32 Å². The van der Waals surface area contributed by atoms with Gasteiger partial charge >= 0.3 is 0 Å². The Balaban J connectivity index is 1.97. The van der Waals surface area contributed by atoms with Crippen LogP contribution in [0.5, 0.6) is 0 Å². The molecule has 1 fully saturated rings. The zero-order valence-electron chi connectivity index (χ0n) is 8.59. The average molecular weight is 274 g/mol. The van der Waals surface area contributed by atoms with Crippen molar-refractivity contribution in [3.05, 3.63) is 20.8 Å². The number of thiophene rings is 1. The molecule has 1 aliphatic rings. The van der Waals surface area contributed by atoms with E-state index in [1.807, 2.05) is 11.3 Å². The molecule has 3 heteroatoms. The normalized spacial score (nSPS) is 31.5. The fourth-order valence-corrected chi connectivity index (χ4v) is 3.87. The lowest BCUT2D eigenvalue weighted by molar-refractivity contribution is 0.190. The molecule has 1 nitrogen and oxygen atoms in total. The van der Waals surface area contributed by atoms with Crippen molar-refractivity contribution in [2.45, 2.75) is 32.2 Å². The van der Waals surface area contributed by atoms with Gasteiger partial charge in [-0.25, -0.2) is 0 Å². The third-order valence-corrected chi connectivity index (χ3v) is 4.96. The summed E-state index contributed by atoms with van der Waals surface area (Å²) >= 11 is 5.41. The number of nitrogens with one attached hydrogen (secondary N) is 1. The van der Waals surface area contributed by atoms with E-state index in [2.05, 4.69) is 47.2 Å². The molecule has 0 aliphatic heterocycles. The summed E-state index contributed by atoms with van der Waals surface area (Å²) < 4.78 is 1.26. The molecule has 14 heavy (non-hydrogen) atoms. The first-order chi connectivity index (χ1) is 6.72. The molecule has 1 aliphatic carbocycles.